The first-order chi connectivity index (χ1) is 8.18. The van der Waals surface area contributed by atoms with Crippen LogP contribution in [0.25, 0.3) is 0 Å². The van der Waals surface area contributed by atoms with Gasteiger partial charge in [-0.2, -0.15) is 0 Å². The van der Waals surface area contributed by atoms with Gasteiger partial charge in [-0.15, -0.1) is 0 Å². The molecule has 1 aliphatic carbocycles. The van der Waals surface area contributed by atoms with Gasteiger partial charge in [0.25, 0.3) is 0 Å². The molecule has 1 aliphatic rings. The quantitative estimate of drug-likeness (QED) is 0.843. The van der Waals surface area contributed by atoms with E-state index in [0.29, 0.717) is 12.5 Å². The molecule has 94 valence electrons. The summed E-state index contributed by atoms with van der Waals surface area (Å²) in [6.45, 7) is 2.78. The Morgan fingerprint density at radius 3 is 3.00 bits per heavy atom. The van der Waals surface area contributed by atoms with Crippen LogP contribution < -0.4 is 5.73 Å². The summed E-state index contributed by atoms with van der Waals surface area (Å²) >= 11 is 0. The first-order valence-corrected chi connectivity index (χ1v) is 6.47. The first-order valence-electron chi connectivity index (χ1n) is 6.47. The fourth-order valence-corrected chi connectivity index (χ4v) is 3.10. The van der Waals surface area contributed by atoms with Crippen molar-refractivity contribution in [3.05, 3.63) is 30.1 Å². The van der Waals surface area contributed by atoms with Crippen LogP contribution in [0.4, 0.5) is 0 Å². The summed E-state index contributed by atoms with van der Waals surface area (Å²) in [4.78, 5) is 4.27. The second-order valence-electron chi connectivity index (χ2n) is 5.43. The number of nitrogens with two attached hydrogens (primary N) is 1. The number of pyridine rings is 1. The van der Waals surface area contributed by atoms with Crippen LogP contribution in [0.15, 0.2) is 24.4 Å². The van der Waals surface area contributed by atoms with Gasteiger partial charge in [0.2, 0.25) is 0 Å². The van der Waals surface area contributed by atoms with Crippen LogP contribution in [0, 0.1) is 11.3 Å². The number of nitrogens with zero attached hydrogens (tertiary/aromatic N) is 1. The van der Waals surface area contributed by atoms with Gasteiger partial charge in [-0.1, -0.05) is 25.8 Å². The molecule has 2 rings (SSSR count). The van der Waals surface area contributed by atoms with Crippen LogP contribution in [0.1, 0.15) is 44.4 Å². The summed E-state index contributed by atoms with van der Waals surface area (Å²) in [6, 6.07) is 5.68. The topological polar surface area (TPSA) is 59.1 Å². The van der Waals surface area contributed by atoms with Crippen LogP contribution in [0.2, 0.25) is 0 Å². The second-order valence-corrected chi connectivity index (χ2v) is 5.43. The van der Waals surface area contributed by atoms with Gasteiger partial charge >= 0.3 is 0 Å². The van der Waals surface area contributed by atoms with Gasteiger partial charge in [0.15, 0.2) is 0 Å². The van der Waals surface area contributed by atoms with E-state index in [0.717, 1.165) is 25.0 Å². The smallest absolute Gasteiger partial charge is 0.103 e. The molecule has 3 heteroatoms. The lowest BCUT2D eigenvalue weighted by atomic mass is 9.66. The minimum atomic E-state index is -0.531. The zero-order valence-corrected chi connectivity index (χ0v) is 10.5. The van der Waals surface area contributed by atoms with Crippen LogP contribution in [0.3, 0.4) is 0 Å². The molecule has 1 fully saturated rings. The standard InChI is InChI=1S/C14H22N2O/c1-11-5-4-7-14(9-11,10-15)13(17)12-6-2-3-8-16-12/h2-3,6,8,11,13,17H,4-5,7,9-10,15H2,1H3. The Balaban J connectivity index is 2.23. The van der Waals surface area contributed by atoms with Gasteiger partial charge in [0.05, 0.1) is 5.69 Å². The number of hydrogen-bond donors (Lipinski definition) is 2. The molecule has 17 heavy (non-hydrogen) atoms. The molecule has 3 nitrogen and oxygen atoms in total. The summed E-state index contributed by atoms with van der Waals surface area (Å²) in [5, 5.41) is 10.6. The Morgan fingerprint density at radius 1 is 1.59 bits per heavy atom. The highest BCUT2D eigenvalue weighted by Gasteiger charge is 2.41. The first kappa shape index (κ1) is 12.5. The van der Waals surface area contributed by atoms with Crippen molar-refractivity contribution in [3.8, 4) is 0 Å². The molecule has 0 saturated heterocycles. The van der Waals surface area contributed by atoms with Crippen molar-refractivity contribution in [2.24, 2.45) is 17.1 Å². The van der Waals surface area contributed by atoms with E-state index in [1.54, 1.807) is 6.20 Å². The second kappa shape index (κ2) is 5.15. The lowest BCUT2D eigenvalue weighted by Gasteiger charge is -2.42. The summed E-state index contributed by atoms with van der Waals surface area (Å²) in [6.07, 6.45) is 5.61. The summed E-state index contributed by atoms with van der Waals surface area (Å²) < 4.78 is 0. The zero-order valence-electron chi connectivity index (χ0n) is 10.5. The number of hydrogen-bond acceptors (Lipinski definition) is 3. The van der Waals surface area contributed by atoms with Crippen molar-refractivity contribution in [3.63, 3.8) is 0 Å². The molecule has 3 atom stereocenters. The Bertz CT molecular complexity index is 354. The number of aliphatic hydroxyl groups excluding tert-OH is 1. The average Bonchev–Trinajstić information content (AvgIpc) is 2.38. The van der Waals surface area contributed by atoms with Crippen LogP contribution in [0.5, 0.6) is 0 Å². The molecule has 0 amide bonds. The maximum Gasteiger partial charge on any atom is 0.103 e. The van der Waals surface area contributed by atoms with Crippen molar-refractivity contribution in [2.45, 2.75) is 38.7 Å². The minimum absolute atomic E-state index is 0.175. The number of aromatic nitrogens is 1. The van der Waals surface area contributed by atoms with Gasteiger partial charge < -0.3 is 10.8 Å². The molecule has 0 radical (unpaired) electrons. The molecule has 1 aromatic rings. The van der Waals surface area contributed by atoms with Gasteiger partial charge in [-0.05, 0) is 30.9 Å². The van der Waals surface area contributed by atoms with Crippen LogP contribution >= 0.6 is 0 Å². The predicted molar refractivity (Wildman–Crippen MR) is 68.3 cm³/mol. The zero-order chi connectivity index (χ0) is 12.3. The largest absolute Gasteiger partial charge is 0.386 e. The normalized spacial score (nSPS) is 31.1. The van der Waals surface area contributed by atoms with E-state index in [-0.39, 0.29) is 5.41 Å². The highest BCUT2D eigenvalue weighted by molar-refractivity contribution is 5.11. The predicted octanol–water partition coefficient (Wildman–Crippen LogP) is 2.27. The molecule has 1 saturated carbocycles. The SMILES string of the molecule is CC1CCCC(CN)(C(O)c2ccccn2)C1. The van der Waals surface area contributed by atoms with E-state index in [2.05, 4.69) is 11.9 Å². The third kappa shape index (κ3) is 2.50. The Morgan fingerprint density at radius 2 is 2.41 bits per heavy atom. The number of aliphatic hydroxyl groups is 1. The summed E-state index contributed by atoms with van der Waals surface area (Å²) in [5.41, 5.74) is 6.53. The lowest BCUT2D eigenvalue weighted by Crippen LogP contribution is -2.40. The molecule has 0 aliphatic heterocycles. The monoisotopic (exact) mass is 234 g/mol. The number of rotatable bonds is 3. The van der Waals surface area contributed by atoms with Crippen molar-refractivity contribution in [2.75, 3.05) is 6.54 Å². The van der Waals surface area contributed by atoms with Gasteiger partial charge in [-0.3, -0.25) is 4.98 Å². The fraction of sp³-hybridized carbons (Fsp3) is 0.643. The lowest BCUT2D eigenvalue weighted by molar-refractivity contribution is -0.0156. The molecule has 0 spiro atoms. The molecular weight excluding hydrogens is 212 g/mol. The molecule has 3 N–H and O–H groups in total. The minimum Gasteiger partial charge on any atom is -0.386 e. The summed E-state index contributed by atoms with van der Waals surface area (Å²) in [7, 11) is 0. The maximum atomic E-state index is 10.6. The molecule has 3 unspecified atom stereocenters. The van der Waals surface area contributed by atoms with E-state index in [9.17, 15) is 5.11 Å². The molecule has 0 bridgehead atoms. The molecular formula is C14H22N2O. The van der Waals surface area contributed by atoms with Gasteiger partial charge in [0, 0.05) is 18.2 Å². The Labute approximate surface area is 103 Å². The van der Waals surface area contributed by atoms with Crippen LogP contribution in [-0.2, 0) is 0 Å². The van der Waals surface area contributed by atoms with Crippen molar-refractivity contribution in [1.82, 2.24) is 4.98 Å². The Hall–Kier alpha value is -0.930. The summed E-state index contributed by atoms with van der Waals surface area (Å²) in [5.74, 6) is 0.644. The van der Waals surface area contributed by atoms with Gasteiger partial charge in [0.1, 0.15) is 6.10 Å². The van der Waals surface area contributed by atoms with E-state index in [1.807, 2.05) is 18.2 Å². The third-order valence-electron chi connectivity index (χ3n) is 4.08. The average molecular weight is 234 g/mol. The maximum absolute atomic E-state index is 10.6. The van der Waals surface area contributed by atoms with Crippen molar-refractivity contribution >= 4 is 0 Å². The molecule has 0 aromatic carbocycles. The molecule has 1 heterocycles. The van der Waals surface area contributed by atoms with Crippen molar-refractivity contribution in [1.29, 1.82) is 0 Å². The molecule has 1 aromatic heterocycles. The van der Waals surface area contributed by atoms with Crippen LogP contribution in [-0.4, -0.2) is 16.6 Å². The van der Waals surface area contributed by atoms with E-state index >= 15 is 0 Å². The fourth-order valence-electron chi connectivity index (χ4n) is 3.10. The van der Waals surface area contributed by atoms with Gasteiger partial charge in [-0.25, -0.2) is 0 Å². The third-order valence-corrected chi connectivity index (χ3v) is 4.08. The van der Waals surface area contributed by atoms with E-state index < -0.39 is 6.10 Å². The highest BCUT2D eigenvalue weighted by Crippen LogP contribution is 2.46. The van der Waals surface area contributed by atoms with Crippen molar-refractivity contribution < 1.29 is 5.11 Å². The Kier molecular flexibility index (Phi) is 3.79. The highest BCUT2D eigenvalue weighted by atomic mass is 16.3. The van der Waals surface area contributed by atoms with E-state index in [1.165, 1.54) is 6.42 Å². The van der Waals surface area contributed by atoms with E-state index in [4.69, 9.17) is 5.73 Å².